The molecular formula is C12H21N3O2. The summed E-state index contributed by atoms with van der Waals surface area (Å²) in [4.78, 5) is 24.7. The van der Waals surface area contributed by atoms with Crippen LogP contribution in [0.5, 0.6) is 0 Å². The number of nitrogens with zero attached hydrogens (tertiary/aromatic N) is 1. The van der Waals surface area contributed by atoms with E-state index in [9.17, 15) is 9.59 Å². The number of carbonyl (C=O) groups excluding carboxylic acids is 2. The van der Waals surface area contributed by atoms with Crippen molar-refractivity contribution in [3.63, 3.8) is 0 Å². The zero-order valence-electron chi connectivity index (χ0n) is 10.4. The van der Waals surface area contributed by atoms with Gasteiger partial charge in [0.2, 0.25) is 11.8 Å². The van der Waals surface area contributed by atoms with Gasteiger partial charge in [0.1, 0.15) is 0 Å². The third-order valence-electron chi connectivity index (χ3n) is 2.65. The number of rotatable bonds is 7. The van der Waals surface area contributed by atoms with E-state index in [-0.39, 0.29) is 24.4 Å². The Labute approximate surface area is 102 Å². The van der Waals surface area contributed by atoms with Gasteiger partial charge in [-0.2, -0.15) is 0 Å². The van der Waals surface area contributed by atoms with Crippen molar-refractivity contribution in [3.05, 3.63) is 12.7 Å². The Morgan fingerprint density at radius 3 is 3.00 bits per heavy atom. The van der Waals surface area contributed by atoms with Crippen LogP contribution in [-0.4, -0.2) is 48.9 Å². The van der Waals surface area contributed by atoms with Gasteiger partial charge in [0, 0.05) is 32.1 Å². The summed E-state index contributed by atoms with van der Waals surface area (Å²) >= 11 is 0. The summed E-state index contributed by atoms with van der Waals surface area (Å²) in [6.45, 7) is 7.79. The second-order valence-corrected chi connectivity index (χ2v) is 4.33. The molecule has 0 saturated carbocycles. The van der Waals surface area contributed by atoms with E-state index in [1.54, 1.807) is 6.08 Å². The van der Waals surface area contributed by atoms with E-state index < -0.39 is 0 Å². The minimum Gasteiger partial charge on any atom is -0.351 e. The van der Waals surface area contributed by atoms with Crippen molar-refractivity contribution < 1.29 is 9.59 Å². The Morgan fingerprint density at radius 1 is 1.65 bits per heavy atom. The topological polar surface area (TPSA) is 61.4 Å². The van der Waals surface area contributed by atoms with Gasteiger partial charge in [0.05, 0.1) is 6.54 Å². The van der Waals surface area contributed by atoms with Crippen molar-refractivity contribution in [2.24, 2.45) is 0 Å². The molecule has 0 aromatic rings. The molecule has 1 heterocycles. The molecule has 0 aliphatic carbocycles. The second kappa shape index (κ2) is 7.06. The van der Waals surface area contributed by atoms with Crippen molar-refractivity contribution in [1.29, 1.82) is 0 Å². The Bertz CT molecular complexity index is 291. The Balaban J connectivity index is 2.19. The van der Waals surface area contributed by atoms with Crippen LogP contribution in [0.15, 0.2) is 12.7 Å². The van der Waals surface area contributed by atoms with Gasteiger partial charge >= 0.3 is 0 Å². The maximum atomic E-state index is 11.5. The number of amides is 2. The van der Waals surface area contributed by atoms with Gasteiger partial charge in [-0.15, -0.1) is 6.58 Å². The molecule has 5 heteroatoms. The van der Waals surface area contributed by atoms with E-state index >= 15 is 0 Å². The van der Waals surface area contributed by atoms with E-state index in [0.717, 1.165) is 13.0 Å². The van der Waals surface area contributed by atoms with E-state index in [2.05, 4.69) is 17.2 Å². The Morgan fingerprint density at radius 2 is 2.41 bits per heavy atom. The molecule has 0 radical (unpaired) electrons. The fraction of sp³-hybridized carbons (Fsp3) is 0.667. The summed E-state index contributed by atoms with van der Waals surface area (Å²) in [5.41, 5.74) is 0. The Hall–Kier alpha value is -1.36. The maximum Gasteiger partial charge on any atom is 0.234 e. The molecule has 17 heavy (non-hydrogen) atoms. The first kappa shape index (κ1) is 13.7. The van der Waals surface area contributed by atoms with Crippen molar-refractivity contribution in [3.8, 4) is 0 Å². The molecule has 1 atom stereocenters. The molecule has 96 valence electrons. The van der Waals surface area contributed by atoms with E-state index in [4.69, 9.17) is 0 Å². The van der Waals surface area contributed by atoms with Gasteiger partial charge in [-0.25, -0.2) is 0 Å². The number of nitrogens with one attached hydrogen (secondary N) is 2. The number of hydrogen-bond donors (Lipinski definition) is 2. The summed E-state index contributed by atoms with van der Waals surface area (Å²) in [5.74, 6) is 0.141. The lowest BCUT2D eigenvalue weighted by Crippen LogP contribution is -2.45. The molecule has 2 N–H and O–H groups in total. The van der Waals surface area contributed by atoms with Gasteiger partial charge in [-0.05, 0) is 13.3 Å². The number of likely N-dealkylation sites (tertiary alicyclic amines) is 1. The normalized spacial score (nSPS) is 17.0. The number of hydrogen-bond acceptors (Lipinski definition) is 3. The van der Waals surface area contributed by atoms with Crippen LogP contribution in [0.2, 0.25) is 0 Å². The van der Waals surface area contributed by atoms with Gasteiger partial charge < -0.3 is 15.5 Å². The third-order valence-corrected chi connectivity index (χ3v) is 2.65. The monoisotopic (exact) mass is 239 g/mol. The molecule has 0 spiro atoms. The highest BCUT2D eigenvalue weighted by Crippen LogP contribution is 2.09. The minimum atomic E-state index is -0.0500. The summed E-state index contributed by atoms with van der Waals surface area (Å²) in [6, 6.07) is -0.00455. The second-order valence-electron chi connectivity index (χ2n) is 4.33. The van der Waals surface area contributed by atoms with Crippen molar-refractivity contribution >= 4 is 11.8 Å². The summed E-state index contributed by atoms with van der Waals surface area (Å²) in [6.07, 6.45) is 3.28. The molecule has 1 aliphatic heterocycles. The summed E-state index contributed by atoms with van der Waals surface area (Å²) in [7, 11) is 0. The van der Waals surface area contributed by atoms with E-state index in [1.165, 1.54) is 0 Å². The van der Waals surface area contributed by atoms with Crippen LogP contribution in [0.25, 0.3) is 0 Å². The lowest BCUT2D eigenvalue weighted by atomic mass is 10.3. The Kier molecular flexibility index (Phi) is 5.69. The molecule has 5 nitrogen and oxygen atoms in total. The highest BCUT2D eigenvalue weighted by molar-refractivity contribution is 5.79. The van der Waals surface area contributed by atoms with Crippen LogP contribution in [0.1, 0.15) is 19.8 Å². The molecule has 1 unspecified atom stereocenters. The SMILES string of the molecule is C=CCNCC(=O)NC(C)CN1CCCC1=O. The summed E-state index contributed by atoms with van der Waals surface area (Å²) in [5, 5.41) is 5.79. The average Bonchev–Trinajstić information content (AvgIpc) is 2.64. The van der Waals surface area contributed by atoms with Crippen molar-refractivity contribution in [2.75, 3.05) is 26.2 Å². The van der Waals surface area contributed by atoms with Crippen LogP contribution in [0.4, 0.5) is 0 Å². The molecule has 0 aromatic heterocycles. The van der Waals surface area contributed by atoms with E-state index in [0.29, 0.717) is 19.5 Å². The molecular weight excluding hydrogens is 218 g/mol. The molecule has 1 fully saturated rings. The fourth-order valence-corrected chi connectivity index (χ4v) is 1.89. The van der Waals surface area contributed by atoms with Crippen LogP contribution in [0, 0.1) is 0 Å². The largest absolute Gasteiger partial charge is 0.351 e. The van der Waals surface area contributed by atoms with Crippen molar-refractivity contribution in [1.82, 2.24) is 15.5 Å². The zero-order chi connectivity index (χ0) is 12.7. The molecule has 2 amide bonds. The maximum absolute atomic E-state index is 11.5. The standard InChI is InChI=1S/C12H21N3O2/c1-3-6-13-8-11(16)14-10(2)9-15-7-4-5-12(15)17/h3,10,13H,1,4-9H2,2H3,(H,14,16). The van der Waals surface area contributed by atoms with Gasteiger partial charge in [-0.1, -0.05) is 6.08 Å². The third kappa shape index (κ3) is 4.99. The molecule has 1 aliphatic rings. The predicted molar refractivity (Wildman–Crippen MR) is 66.5 cm³/mol. The predicted octanol–water partition coefficient (Wildman–Crippen LogP) is -0.111. The van der Waals surface area contributed by atoms with Gasteiger partial charge in [-0.3, -0.25) is 9.59 Å². The van der Waals surface area contributed by atoms with Crippen molar-refractivity contribution in [2.45, 2.75) is 25.8 Å². The fourth-order valence-electron chi connectivity index (χ4n) is 1.89. The minimum absolute atomic E-state index is 0.00455. The smallest absolute Gasteiger partial charge is 0.234 e. The quantitative estimate of drug-likeness (QED) is 0.481. The lowest BCUT2D eigenvalue weighted by molar-refractivity contribution is -0.128. The lowest BCUT2D eigenvalue weighted by Gasteiger charge is -2.21. The highest BCUT2D eigenvalue weighted by Gasteiger charge is 2.22. The van der Waals surface area contributed by atoms with Crippen LogP contribution in [-0.2, 0) is 9.59 Å². The molecule has 0 bridgehead atoms. The zero-order valence-corrected chi connectivity index (χ0v) is 10.4. The first-order valence-corrected chi connectivity index (χ1v) is 6.02. The van der Waals surface area contributed by atoms with Gasteiger partial charge in [0.25, 0.3) is 0 Å². The molecule has 1 rings (SSSR count). The van der Waals surface area contributed by atoms with Crippen LogP contribution < -0.4 is 10.6 Å². The van der Waals surface area contributed by atoms with Crippen LogP contribution >= 0.6 is 0 Å². The highest BCUT2D eigenvalue weighted by atomic mass is 16.2. The van der Waals surface area contributed by atoms with Gasteiger partial charge in [0.15, 0.2) is 0 Å². The molecule has 0 aromatic carbocycles. The average molecular weight is 239 g/mol. The summed E-state index contributed by atoms with van der Waals surface area (Å²) < 4.78 is 0. The number of carbonyl (C=O) groups is 2. The first-order valence-electron chi connectivity index (χ1n) is 6.02. The van der Waals surface area contributed by atoms with E-state index in [1.807, 2.05) is 11.8 Å². The first-order chi connectivity index (χ1) is 8.13. The molecule has 1 saturated heterocycles. The van der Waals surface area contributed by atoms with Crippen LogP contribution in [0.3, 0.4) is 0 Å².